The van der Waals surface area contributed by atoms with Crippen molar-refractivity contribution in [3.8, 4) is 0 Å². The Morgan fingerprint density at radius 1 is 1.39 bits per heavy atom. The lowest BCUT2D eigenvalue weighted by molar-refractivity contribution is 0.0987. The van der Waals surface area contributed by atoms with Gasteiger partial charge in [-0.3, -0.25) is 4.79 Å². The minimum atomic E-state index is -0.254. The van der Waals surface area contributed by atoms with E-state index in [0.717, 1.165) is 24.2 Å². The molecule has 0 aliphatic carbocycles. The van der Waals surface area contributed by atoms with Gasteiger partial charge in [-0.15, -0.1) is 0 Å². The number of nitrogens with zero attached hydrogens (tertiary/aromatic N) is 1. The number of benzene rings is 1. The van der Waals surface area contributed by atoms with Gasteiger partial charge in [0.05, 0.1) is 6.10 Å². The summed E-state index contributed by atoms with van der Waals surface area (Å²) >= 11 is 0. The number of hydrogen-bond donors (Lipinski definition) is 1. The largest absolute Gasteiger partial charge is 0.391 e. The van der Waals surface area contributed by atoms with Crippen LogP contribution < -0.4 is 4.90 Å². The fraction of sp³-hybridized carbons (Fsp3) is 0.533. The third-order valence-corrected chi connectivity index (χ3v) is 3.79. The average Bonchev–Trinajstić information content (AvgIpc) is 2.41. The van der Waals surface area contributed by atoms with E-state index in [9.17, 15) is 9.90 Å². The lowest BCUT2D eigenvalue weighted by Gasteiger charge is -2.35. The van der Waals surface area contributed by atoms with Gasteiger partial charge in [0.25, 0.3) is 0 Å². The highest BCUT2D eigenvalue weighted by Crippen LogP contribution is 2.23. The summed E-state index contributed by atoms with van der Waals surface area (Å²) in [4.78, 5) is 13.7. The highest BCUT2D eigenvalue weighted by atomic mass is 16.3. The van der Waals surface area contributed by atoms with Crippen molar-refractivity contribution >= 4 is 11.5 Å². The summed E-state index contributed by atoms with van der Waals surface area (Å²) in [6, 6.07) is 7.72. The van der Waals surface area contributed by atoms with Gasteiger partial charge in [0.15, 0.2) is 5.78 Å². The standard InChI is InChI=1S/C15H21NO2/c1-3-14(17)12-4-6-13(7-5-12)16-9-8-11(2)15(18)10-16/h4-7,11,15,18H,3,8-10H2,1-2H3. The summed E-state index contributed by atoms with van der Waals surface area (Å²) in [6.07, 6.45) is 1.30. The molecule has 2 atom stereocenters. The fourth-order valence-electron chi connectivity index (χ4n) is 2.35. The van der Waals surface area contributed by atoms with Crippen molar-refractivity contribution in [2.24, 2.45) is 5.92 Å². The number of rotatable bonds is 3. The number of hydrogen-bond acceptors (Lipinski definition) is 3. The summed E-state index contributed by atoms with van der Waals surface area (Å²) in [7, 11) is 0. The number of carbonyl (C=O) groups excluding carboxylic acids is 1. The predicted molar refractivity (Wildman–Crippen MR) is 73.1 cm³/mol. The average molecular weight is 247 g/mol. The van der Waals surface area contributed by atoms with Crippen LogP contribution >= 0.6 is 0 Å². The molecule has 1 aromatic carbocycles. The SMILES string of the molecule is CCC(=O)c1ccc(N2CCC(C)C(O)C2)cc1. The van der Waals surface area contributed by atoms with Crippen LogP contribution in [0.3, 0.4) is 0 Å². The normalized spacial score (nSPS) is 24.1. The quantitative estimate of drug-likeness (QED) is 0.834. The zero-order chi connectivity index (χ0) is 13.1. The maximum absolute atomic E-state index is 11.5. The highest BCUT2D eigenvalue weighted by Gasteiger charge is 2.24. The first kappa shape index (κ1) is 13.1. The van der Waals surface area contributed by atoms with Crippen molar-refractivity contribution < 1.29 is 9.90 Å². The highest BCUT2D eigenvalue weighted by molar-refractivity contribution is 5.96. The molecule has 0 bridgehead atoms. The molecule has 1 saturated heterocycles. The maximum Gasteiger partial charge on any atom is 0.162 e. The summed E-state index contributed by atoms with van der Waals surface area (Å²) in [6.45, 7) is 5.62. The molecule has 1 fully saturated rings. The molecule has 1 heterocycles. The van der Waals surface area contributed by atoms with Crippen molar-refractivity contribution in [3.63, 3.8) is 0 Å². The van der Waals surface area contributed by atoms with Gasteiger partial charge in [0.2, 0.25) is 0 Å². The van der Waals surface area contributed by atoms with E-state index in [0.29, 0.717) is 18.9 Å². The monoisotopic (exact) mass is 247 g/mol. The van der Waals surface area contributed by atoms with Crippen LogP contribution in [0.4, 0.5) is 5.69 Å². The number of aliphatic hydroxyl groups excluding tert-OH is 1. The molecular weight excluding hydrogens is 226 g/mol. The van der Waals surface area contributed by atoms with E-state index in [-0.39, 0.29) is 11.9 Å². The van der Waals surface area contributed by atoms with E-state index < -0.39 is 0 Å². The molecule has 3 heteroatoms. The second-order valence-corrected chi connectivity index (χ2v) is 5.10. The van der Waals surface area contributed by atoms with Gasteiger partial charge in [0, 0.05) is 30.8 Å². The molecule has 18 heavy (non-hydrogen) atoms. The molecule has 0 spiro atoms. The van der Waals surface area contributed by atoms with Crippen LogP contribution in [0.5, 0.6) is 0 Å². The van der Waals surface area contributed by atoms with Crippen LogP contribution in [0.15, 0.2) is 24.3 Å². The lowest BCUT2D eigenvalue weighted by atomic mass is 9.95. The van der Waals surface area contributed by atoms with Crippen molar-refractivity contribution in [3.05, 3.63) is 29.8 Å². The Bertz CT molecular complexity index is 413. The molecule has 0 amide bonds. The molecule has 0 aromatic heterocycles. The Balaban J connectivity index is 2.08. The molecule has 98 valence electrons. The second-order valence-electron chi connectivity index (χ2n) is 5.10. The third kappa shape index (κ3) is 2.72. The molecule has 0 saturated carbocycles. The fourth-order valence-corrected chi connectivity index (χ4v) is 2.35. The second kappa shape index (κ2) is 5.53. The molecule has 1 N–H and O–H groups in total. The van der Waals surface area contributed by atoms with Gasteiger partial charge in [-0.25, -0.2) is 0 Å². The number of anilines is 1. The van der Waals surface area contributed by atoms with E-state index in [2.05, 4.69) is 11.8 Å². The van der Waals surface area contributed by atoms with Gasteiger partial charge in [0.1, 0.15) is 0 Å². The number of β-amino-alcohol motifs (C(OH)–C–C–N with tert-alkyl or cyclic N) is 1. The van der Waals surface area contributed by atoms with Crippen molar-refractivity contribution in [2.45, 2.75) is 32.8 Å². The molecule has 2 unspecified atom stereocenters. The Morgan fingerprint density at radius 2 is 2.06 bits per heavy atom. The summed E-state index contributed by atoms with van der Waals surface area (Å²) in [5, 5.41) is 9.89. The molecular formula is C15H21NO2. The lowest BCUT2D eigenvalue weighted by Crippen LogP contribution is -2.42. The van der Waals surface area contributed by atoms with E-state index >= 15 is 0 Å². The van der Waals surface area contributed by atoms with E-state index in [1.165, 1.54) is 0 Å². The number of carbonyl (C=O) groups is 1. The molecule has 1 aromatic rings. The number of piperidine rings is 1. The van der Waals surface area contributed by atoms with Crippen LogP contribution in [0, 0.1) is 5.92 Å². The molecule has 1 aliphatic rings. The molecule has 1 aliphatic heterocycles. The smallest absolute Gasteiger partial charge is 0.162 e. The number of Topliss-reactive ketones (excluding diaryl/α,β-unsaturated/α-hetero) is 1. The Morgan fingerprint density at radius 3 is 2.61 bits per heavy atom. The Hall–Kier alpha value is -1.35. The number of ketones is 1. The topological polar surface area (TPSA) is 40.5 Å². The molecule has 3 nitrogen and oxygen atoms in total. The minimum absolute atomic E-state index is 0.175. The molecule has 0 radical (unpaired) electrons. The van der Waals surface area contributed by atoms with Gasteiger partial charge >= 0.3 is 0 Å². The third-order valence-electron chi connectivity index (χ3n) is 3.79. The van der Waals surface area contributed by atoms with Gasteiger partial charge < -0.3 is 10.0 Å². The zero-order valence-corrected chi connectivity index (χ0v) is 11.1. The van der Waals surface area contributed by atoms with E-state index in [1.807, 2.05) is 31.2 Å². The summed E-state index contributed by atoms with van der Waals surface area (Å²) in [5.74, 6) is 0.552. The van der Waals surface area contributed by atoms with Crippen LogP contribution in [-0.4, -0.2) is 30.1 Å². The predicted octanol–water partition coefficient (Wildman–Crippen LogP) is 2.49. The Labute approximate surface area is 108 Å². The van der Waals surface area contributed by atoms with E-state index in [1.54, 1.807) is 0 Å². The zero-order valence-electron chi connectivity index (χ0n) is 11.1. The van der Waals surface area contributed by atoms with Gasteiger partial charge in [-0.2, -0.15) is 0 Å². The maximum atomic E-state index is 11.5. The summed E-state index contributed by atoms with van der Waals surface area (Å²) in [5.41, 5.74) is 1.86. The van der Waals surface area contributed by atoms with Crippen molar-refractivity contribution in [2.75, 3.05) is 18.0 Å². The van der Waals surface area contributed by atoms with Crippen LogP contribution in [-0.2, 0) is 0 Å². The molecule has 2 rings (SSSR count). The van der Waals surface area contributed by atoms with Crippen LogP contribution in [0.1, 0.15) is 37.0 Å². The van der Waals surface area contributed by atoms with Crippen molar-refractivity contribution in [1.29, 1.82) is 0 Å². The van der Waals surface area contributed by atoms with Crippen LogP contribution in [0.25, 0.3) is 0 Å². The summed E-state index contributed by atoms with van der Waals surface area (Å²) < 4.78 is 0. The van der Waals surface area contributed by atoms with E-state index in [4.69, 9.17) is 0 Å². The first-order valence-electron chi connectivity index (χ1n) is 6.68. The minimum Gasteiger partial charge on any atom is -0.391 e. The van der Waals surface area contributed by atoms with Gasteiger partial charge in [-0.1, -0.05) is 13.8 Å². The first-order valence-corrected chi connectivity index (χ1v) is 6.68. The number of aliphatic hydroxyl groups is 1. The Kier molecular flexibility index (Phi) is 4.02. The van der Waals surface area contributed by atoms with Gasteiger partial charge in [-0.05, 0) is 36.6 Å². The van der Waals surface area contributed by atoms with Crippen LogP contribution in [0.2, 0.25) is 0 Å². The first-order chi connectivity index (χ1) is 8.61. The van der Waals surface area contributed by atoms with Crippen molar-refractivity contribution in [1.82, 2.24) is 0 Å².